The van der Waals surface area contributed by atoms with Gasteiger partial charge in [0.1, 0.15) is 6.61 Å². The van der Waals surface area contributed by atoms with E-state index < -0.39 is 18.0 Å². The first kappa shape index (κ1) is 7.01. The topological polar surface area (TPSA) is 72.8 Å². The second-order valence-corrected chi connectivity index (χ2v) is 1.83. The first-order chi connectivity index (χ1) is 4.70. The average Bonchev–Trinajstić information content (AvgIpc) is 1.88. The molecular weight excluding hydrogens is 140 g/mol. The molecule has 1 fully saturated rings. The molecule has 0 bridgehead atoms. The predicted octanol–water partition coefficient (Wildman–Crippen LogP) is -0.987. The summed E-state index contributed by atoms with van der Waals surface area (Å²) in [6, 6.07) is 0. The molecule has 1 rings (SSSR count). The Bertz CT molecular complexity index is 161. The van der Waals surface area contributed by atoms with Gasteiger partial charge in [-0.1, -0.05) is 0 Å². The SMILES string of the molecule is O=C1COCC(C(=O)O)O1. The molecule has 0 amide bonds. The zero-order valence-corrected chi connectivity index (χ0v) is 5.07. The van der Waals surface area contributed by atoms with Crippen LogP contribution in [-0.4, -0.2) is 36.4 Å². The maximum Gasteiger partial charge on any atom is 0.347 e. The van der Waals surface area contributed by atoms with Gasteiger partial charge in [-0.3, -0.25) is 0 Å². The van der Waals surface area contributed by atoms with E-state index >= 15 is 0 Å². The number of carbonyl (C=O) groups is 2. The van der Waals surface area contributed by atoms with Crippen molar-refractivity contribution in [2.75, 3.05) is 13.2 Å². The van der Waals surface area contributed by atoms with Crippen LogP contribution in [0.4, 0.5) is 0 Å². The third-order valence-electron chi connectivity index (χ3n) is 1.04. The normalized spacial score (nSPS) is 25.6. The highest BCUT2D eigenvalue weighted by atomic mass is 16.6. The van der Waals surface area contributed by atoms with Gasteiger partial charge in [0.15, 0.2) is 0 Å². The molecule has 1 aliphatic rings. The van der Waals surface area contributed by atoms with Crippen molar-refractivity contribution in [2.45, 2.75) is 6.10 Å². The lowest BCUT2D eigenvalue weighted by Gasteiger charge is -2.18. The van der Waals surface area contributed by atoms with Crippen LogP contribution in [0.15, 0.2) is 0 Å². The van der Waals surface area contributed by atoms with E-state index in [2.05, 4.69) is 9.47 Å². The highest BCUT2D eigenvalue weighted by molar-refractivity contribution is 5.79. The monoisotopic (exact) mass is 146 g/mol. The van der Waals surface area contributed by atoms with Crippen molar-refractivity contribution in [3.8, 4) is 0 Å². The summed E-state index contributed by atoms with van der Waals surface area (Å²) in [5.41, 5.74) is 0. The quantitative estimate of drug-likeness (QED) is 0.481. The standard InChI is InChI=1S/C5H6O5/c6-4-2-9-1-3(10-4)5(7)8/h3H,1-2H2,(H,7,8). The molecule has 1 saturated heterocycles. The van der Waals surface area contributed by atoms with Gasteiger partial charge in [-0.2, -0.15) is 0 Å². The van der Waals surface area contributed by atoms with E-state index in [1.165, 1.54) is 0 Å². The molecule has 0 spiro atoms. The molecule has 0 saturated carbocycles. The number of carboxylic acid groups (broad SMARTS) is 1. The van der Waals surface area contributed by atoms with Gasteiger partial charge >= 0.3 is 11.9 Å². The Hall–Kier alpha value is -1.10. The van der Waals surface area contributed by atoms with Gasteiger partial charge in [-0.05, 0) is 0 Å². The van der Waals surface area contributed by atoms with Crippen LogP contribution in [-0.2, 0) is 19.1 Å². The molecule has 0 aliphatic carbocycles. The van der Waals surface area contributed by atoms with E-state index in [0.717, 1.165) is 0 Å². The van der Waals surface area contributed by atoms with E-state index in [4.69, 9.17) is 5.11 Å². The summed E-state index contributed by atoms with van der Waals surface area (Å²) in [7, 11) is 0. The van der Waals surface area contributed by atoms with Crippen molar-refractivity contribution in [3.63, 3.8) is 0 Å². The fraction of sp³-hybridized carbons (Fsp3) is 0.600. The smallest absolute Gasteiger partial charge is 0.347 e. The van der Waals surface area contributed by atoms with E-state index in [9.17, 15) is 9.59 Å². The Labute approximate surface area is 56.5 Å². The van der Waals surface area contributed by atoms with E-state index in [0.29, 0.717) is 0 Å². The Kier molecular flexibility index (Phi) is 1.86. The summed E-state index contributed by atoms with van der Waals surface area (Å²) in [5.74, 6) is -1.80. The van der Waals surface area contributed by atoms with Crippen molar-refractivity contribution in [1.82, 2.24) is 0 Å². The number of aliphatic carboxylic acids is 1. The number of hydrogen-bond donors (Lipinski definition) is 1. The fourth-order valence-electron chi connectivity index (χ4n) is 0.598. The van der Waals surface area contributed by atoms with E-state index in [1.54, 1.807) is 0 Å². The Morgan fingerprint density at radius 1 is 1.70 bits per heavy atom. The molecule has 0 radical (unpaired) electrons. The van der Waals surface area contributed by atoms with Gasteiger partial charge in [0.25, 0.3) is 0 Å². The third-order valence-corrected chi connectivity index (χ3v) is 1.04. The molecule has 0 aromatic heterocycles. The summed E-state index contributed by atoms with van der Waals surface area (Å²) < 4.78 is 8.98. The van der Waals surface area contributed by atoms with Gasteiger partial charge in [-0.25, -0.2) is 9.59 Å². The molecular formula is C5H6O5. The number of esters is 1. The lowest BCUT2D eigenvalue weighted by Crippen LogP contribution is -2.38. The summed E-state index contributed by atoms with van der Waals surface area (Å²) >= 11 is 0. The fourth-order valence-corrected chi connectivity index (χ4v) is 0.598. The minimum atomic E-state index is -1.17. The molecule has 1 heterocycles. The van der Waals surface area contributed by atoms with Gasteiger partial charge < -0.3 is 14.6 Å². The van der Waals surface area contributed by atoms with Crippen molar-refractivity contribution < 1.29 is 24.2 Å². The highest BCUT2D eigenvalue weighted by Gasteiger charge is 2.26. The maximum absolute atomic E-state index is 10.4. The van der Waals surface area contributed by atoms with Crippen molar-refractivity contribution in [3.05, 3.63) is 0 Å². The van der Waals surface area contributed by atoms with Crippen LogP contribution in [0.3, 0.4) is 0 Å². The maximum atomic E-state index is 10.4. The number of hydrogen-bond acceptors (Lipinski definition) is 4. The summed E-state index contributed by atoms with van der Waals surface area (Å²) in [6.07, 6.45) is -1.12. The lowest BCUT2D eigenvalue weighted by molar-refractivity contribution is -0.181. The molecule has 0 aromatic carbocycles. The van der Waals surface area contributed by atoms with Crippen LogP contribution in [0.2, 0.25) is 0 Å². The number of cyclic esters (lactones) is 1. The van der Waals surface area contributed by atoms with Crippen LogP contribution in [0.5, 0.6) is 0 Å². The van der Waals surface area contributed by atoms with Gasteiger partial charge in [0, 0.05) is 0 Å². The van der Waals surface area contributed by atoms with Gasteiger partial charge in [0.2, 0.25) is 6.10 Å². The average molecular weight is 146 g/mol. The largest absolute Gasteiger partial charge is 0.478 e. The number of carbonyl (C=O) groups excluding carboxylic acids is 1. The molecule has 5 nitrogen and oxygen atoms in total. The van der Waals surface area contributed by atoms with Crippen molar-refractivity contribution in [1.29, 1.82) is 0 Å². The predicted molar refractivity (Wildman–Crippen MR) is 28.3 cm³/mol. The number of rotatable bonds is 1. The van der Waals surface area contributed by atoms with Crippen molar-refractivity contribution >= 4 is 11.9 Å². The molecule has 0 aromatic rings. The Balaban J connectivity index is 2.47. The highest BCUT2D eigenvalue weighted by Crippen LogP contribution is 2.01. The van der Waals surface area contributed by atoms with E-state index in [1.807, 2.05) is 0 Å². The van der Waals surface area contributed by atoms with Crippen LogP contribution in [0.1, 0.15) is 0 Å². The molecule has 1 unspecified atom stereocenters. The molecule has 5 heteroatoms. The van der Waals surface area contributed by atoms with Crippen LogP contribution in [0, 0.1) is 0 Å². The molecule has 10 heavy (non-hydrogen) atoms. The molecule has 56 valence electrons. The van der Waals surface area contributed by atoms with E-state index in [-0.39, 0.29) is 13.2 Å². The summed E-state index contributed by atoms with van der Waals surface area (Å²) in [6.45, 7) is -0.204. The first-order valence-corrected chi connectivity index (χ1v) is 2.70. The summed E-state index contributed by atoms with van der Waals surface area (Å²) in [5, 5.41) is 8.30. The second kappa shape index (κ2) is 2.66. The zero-order chi connectivity index (χ0) is 7.56. The second-order valence-electron chi connectivity index (χ2n) is 1.83. The third kappa shape index (κ3) is 1.44. The van der Waals surface area contributed by atoms with Crippen LogP contribution >= 0.6 is 0 Å². The molecule has 1 atom stereocenters. The Morgan fingerprint density at radius 2 is 2.40 bits per heavy atom. The molecule has 1 N–H and O–H groups in total. The summed E-state index contributed by atoms with van der Waals surface area (Å²) in [4.78, 5) is 20.5. The van der Waals surface area contributed by atoms with Gasteiger partial charge in [0.05, 0.1) is 6.61 Å². The minimum Gasteiger partial charge on any atom is -0.478 e. The first-order valence-electron chi connectivity index (χ1n) is 2.70. The number of carboxylic acids is 1. The molecule has 1 aliphatic heterocycles. The Morgan fingerprint density at radius 3 is 2.80 bits per heavy atom. The van der Waals surface area contributed by atoms with Gasteiger partial charge in [-0.15, -0.1) is 0 Å². The number of ether oxygens (including phenoxy) is 2. The van der Waals surface area contributed by atoms with Crippen LogP contribution in [0.25, 0.3) is 0 Å². The lowest BCUT2D eigenvalue weighted by atomic mass is 10.3. The van der Waals surface area contributed by atoms with Crippen LogP contribution < -0.4 is 0 Å². The minimum absolute atomic E-state index is 0.0545. The zero-order valence-electron chi connectivity index (χ0n) is 5.07. The van der Waals surface area contributed by atoms with Crippen molar-refractivity contribution in [2.24, 2.45) is 0 Å².